The fourth-order valence-electron chi connectivity index (χ4n) is 3.10. The summed E-state index contributed by atoms with van der Waals surface area (Å²) in [7, 11) is 1.65. The first kappa shape index (κ1) is 14.2. The molecule has 1 aliphatic heterocycles. The zero-order valence-electron chi connectivity index (χ0n) is 12.3. The van der Waals surface area contributed by atoms with Gasteiger partial charge in [-0.2, -0.15) is 0 Å². The van der Waals surface area contributed by atoms with Gasteiger partial charge in [0.15, 0.2) is 0 Å². The summed E-state index contributed by atoms with van der Waals surface area (Å²) in [6.45, 7) is 2.67. The summed E-state index contributed by atoms with van der Waals surface area (Å²) < 4.78 is 5.30. The Kier molecular flexibility index (Phi) is 3.99. The van der Waals surface area contributed by atoms with Gasteiger partial charge in [0.05, 0.1) is 31.9 Å². The van der Waals surface area contributed by atoms with Gasteiger partial charge in [0, 0.05) is 12.8 Å². The van der Waals surface area contributed by atoms with E-state index in [1.165, 1.54) is 4.90 Å². The summed E-state index contributed by atoms with van der Waals surface area (Å²) in [6.07, 6.45) is 1.52. The number of phenols is 1. The van der Waals surface area contributed by atoms with Gasteiger partial charge in [0.2, 0.25) is 0 Å². The second kappa shape index (κ2) is 5.92. The molecular weight excluding hydrogens is 266 g/mol. The Morgan fingerprint density at radius 3 is 2.62 bits per heavy atom. The van der Waals surface area contributed by atoms with Gasteiger partial charge in [-0.05, 0) is 29.0 Å². The number of piperidine rings is 1. The van der Waals surface area contributed by atoms with Crippen LogP contribution in [0, 0.1) is 0 Å². The number of rotatable bonds is 3. The number of aliphatic hydroxyl groups excluding tert-OH is 1. The summed E-state index contributed by atoms with van der Waals surface area (Å²) in [5.74, 6) is 1.15. The van der Waals surface area contributed by atoms with Gasteiger partial charge in [0.25, 0.3) is 0 Å². The minimum absolute atomic E-state index is 0.157. The third-order valence-corrected chi connectivity index (χ3v) is 4.40. The van der Waals surface area contributed by atoms with E-state index in [-0.39, 0.29) is 6.10 Å². The number of fused-ring (bicyclic) bond motifs is 1. The van der Waals surface area contributed by atoms with Crippen LogP contribution in [0.3, 0.4) is 0 Å². The third-order valence-electron chi connectivity index (χ3n) is 4.40. The predicted molar refractivity (Wildman–Crippen MR) is 81.8 cm³/mol. The summed E-state index contributed by atoms with van der Waals surface area (Å²) >= 11 is 0. The van der Waals surface area contributed by atoms with Crippen molar-refractivity contribution in [1.29, 1.82) is 0 Å². The Morgan fingerprint density at radius 1 is 1.19 bits per heavy atom. The zero-order chi connectivity index (χ0) is 14.8. The van der Waals surface area contributed by atoms with Crippen molar-refractivity contribution >= 4 is 10.8 Å². The van der Waals surface area contributed by atoms with Gasteiger partial charge in [-0.1, -0.05) is 12.1 Å². The Morgan fingerprint density at radius 2 is 1.90 bits per heavy atom. The summed E-state index contributed by atoms with van der Waals surface area (Å²) in [5.41, 5.74) is 0.970. The Bertz CT molecular complexity index is 633. The van der Waals surface area contributed by atoms with Crippen LogP contribution in [-0.2, 0) is 6.54 Å². The van der Waals surface area contributed by atoms with E-state index in [1.54, 1.807) is 13.2 Å². The minimum atomic E-state index is -0.157. The maximum absolute atomic E-state index is 10.3. The van der Waals surface area contributed by atoms with Gasteiger partial charge in [-0.3, -0.25) is 0 Å². The van der Waals surface area contributed by atoms with Crippen LogP contribution in [0.4, 0.5) is 0 Å². The van der Waals surface area contributed by atoms with Crippen molar-refractivity contribution in [1.82, 2.24) is 0 Å². The van der Waals surface area contributed by atoms with Crippen LogP contribution in [0.1, 0.15) is 18.4 Å². The number of aliphatic hydroxyl groups is 1. The molecule has 0 radical (unpaired) electrons. The molecule has 0 unspecified atom stereocenters. The molecular formula is C17H22NO3+. The monoisotopic (exact) mass is 288 g/mol. The molecule has 4 nitrogen and oxygen atoms in total. The van der Waals surface area contributed by atoms with Crippen molar-refractivity contribution in [2.24, 2.45) is 0 Å². The van der Waals surface area contributed by atoms with Crippen LogP contribution in [0.15, 0.2) is 30.3 Å². The van der Waals surface area contributed by atoms with Crippen LogP contribution in [0.2, 0.25) is 0 Å². The van der Waals surface area contributed by atoms with E-state index in [2.05, 4.69) is 0 Å². The molecule has 1 saturated heterocycles. The number of methoxy groups -OCH3 is 1. The number of likely N-dealkylation sites (tertiary alicyclic amines) is 1. The lowest BCUT2D eigenvalue weighted by Gasteiger charge is -2.27. The first-order valence-electron chi connectivity index (χ1n) is 7.47. The highest BCUT2D eigenvalue weighted by atomic mass is 16.5. The Balaban J connectivity index is 1.94. The molecule has 3 rings (SSSR count). The molecule has 3 N–H and O–H groups in total. The van der Waals surface area contributed by atoms with E-state index in [0.717, 1.165) is 54.6 Å². The molecule has 0 saturated carbocycles. The van der Waals surface area contributed by atoms with Crippen LogP contribution in [0.25, 0.3) is 10.8 Å². The number of hydrogen-bond donors (Lipinski definition) is 3. The topological polar surface area (TPSA) is 54.1 Å². The predicted octanol–water partition coefficient (Wildman–Crippen LogP) is 1.09. The van der Waals surface area contributed by atoms with Crippen molar-refractivity contribution < 1.29 is 19.8 Å². The highest BCUT2D eigenvalue weighted by Gasteiger charge is 2.22. The summed E-state index contributed by atoms with van der Waals surface area (Å²) in [6, 6.07) is 9.65. The number of aromatic hydroxyl groups is 1. The highest BCUT2D eigenvalue weighted by Crippen LogP contribution is 2.29. The lowest BCUT2D eigenvalue weighted by Crippen LogP contribution is -3.12. The lowest BCUT2D eigenvalue weighted by atomic mass is 10.0. The number of benzene rings is 2. The van der Waals surface area contributed by atoms with Crippen molar-refractivity contribution in [3.63, 3.8) is 0 Å². The number of nitrogens with one attached hydrogen (secondary N) is 1. The van der Waals surface area contributed by atoms with E-state index in [9.17, 15) is 10.2 Å². The number of ether oxygens (including phenoxy) is 1. The molecule has 0 aromatic heterocycles. The second-order valence-electron chi connectivity index (χ2n) is 5.81. The second-order valence-corrected chi connectivity index (χ2v) is 5.81. The molecule has 1 fully saturated rings. The zero-order valence-corrected chi connectivity index (χ0v) is 12.3. The van der Waals surface area contributed by atoms with E-state index < -0.39 is 0 Å². The maximum atomic E-state index is 10.3. The first-order chi connectivity index (χ1) is 10.2. The molecule has 0 bridgehead atoms. The number of quaternary nitrogens is 1. The molecule has 4 heteroatoms. The van der Waals surface area contributed by atoms with Crippen LogP contribution in [0.5, 0.6) is 11.5 Å². The normalized spacial score (nSPS) is 22.4. The lowest BCUT2D eigenvalue weighted by molar-refractivity contribution is -0.919. The van der Waals surface area contributed by atoms with Gasteiger partial charge in [0.1, 0.15) is 18.0 Å². The van der Waals surface area contributed by atoms with Crippen molar-refractivity contribution in [3.05, 3.63) is 35.9 Å². The molecule has 21 heavy (non-hydrogen) atoms. The molecule has 0 aliphatic carbocycles. The Labute approximate surface area is 124 Å². The van der Waals surface area contributed by atoms with Gasteiger partial charge in [-0.15, -0.1) is 0 Å². The van der Waals surface area contributed by atoms with Crippen LogP contribution >= 0.6 is 0 Å². The molecule has 1 heterocycles. The van der Waals surface area contributed by atoms with Crippen molar-refractivity contribution in [2.75, 3.05) is 20.2 Å². The number of hydrogen-bond acceptors (Lipinski definition) is 3. The van der Waals surface area contributed by atoms with Crippen molar-refractivity contribution in [2.45, 2.75) is 25.5 Å². The standard InChI is InChI=1S/C17H21NO3/c1-21-14-4-2-12-3-5-17(20)16(15(12)10-14)11-18-8-6-13(19)7-9-18/h2-5,10,13,19-20H,6-9,11H2,1H3/p+1. The largest absolute Gasteiger partial charge is 0.507 e. The highest BCUT2D eigenvalue weighted by molar-refractivity contribution is 5.88. The van der Waals surface area contributed by atoms with Crippen LogP contribution < -0.4 is 9.64 Å². The average Bonchev–Trinajstić information content (AvgIpc) is 2.51. The molecule has 0 atom stereocenters. The Hall–Kier alpha value is -1.78. The fraction of sp³-hybridized carbons (Fsp3) is 0.412. The quantitative estimate of drug-likeness (QED) is 0.792. The molecule has 2 aromatic rings. The van der Waals surface area contributed by atoms with E-state index in [0.29, 0.717) is 5.75 Å². The fourth-order valence-corrected chi connectivity index (χ4v) is 3.10. The minimum Gasteiger partial charge on any atom is -0.507 e. The van der Waals surface area contributed by atoms with Gasteiger partial charge in [-0.25, -0.2) is 0 Å². The summed E-state index contributed by atoms with van der Waals surface area (Å²) in [5, 5.41) is 22.0. The van der Waals surface area contributed by atoms with Crippen LogP contribution in [-0.4, -0.2) is 36.5 Å². The van der Waals surface area contributed by atoms with E-state index in [4.69, 9.17) is 4.74 Å². The van der Waals surface area contributed by atoms with E-state index in [1.807, 2.05) is 24.3 Å². The third kappa shape index (κ3) is 2.96. The van der Waals surface area contributed by atoms with Gasteiger partial charge < -0.3 is 19.8 Å². The first-order valence-corrected chi connectivity index (χ1v) is 7.47. The van der Waals surface area contributed by atoms with Crippen molar-refractivity contribution in [3.8, 4) is 11.5 Å². The SMILES string of the molecule is COc1ccc2ccc(O)c(C[NH+]3CCC(O)CC3)c2c1. The molecule has 2 aromatic carbocycles. The summed E-state index contributed by atoms with van der Waals surface area (Å²) in [4.78, 5) is 1.41. The average molecular weight is 288 g/mol. The molecule has 1 aliphatic rings. The van der Waals surface area contributed by atoms with E-state index >= 15 is 0 Å². The molecule has 0 spiro atoms. The maximum Gasteiger partial charge on any atom is 0.125 e. The molecule has 112 valence electrons. The number of phenolic OH excluding ortho intramolecular Hbond substituents is 1. The molecule has 0 amide bonds. The van der Waals surface area contributed by atoms with Gasteiger partial charge >= 0.3 is 0 Å². The smallest absolute Gasteiger partial charge is 0.125 e.